The second-order valence-electron chi connectivity index (χ2n) is 31.1. The number of esters is 3. The number of alkyl halides is 6. The van der Waals surface area contributed by atoms with Gasteiger partial charge in [-0.2, -0.15) is 26.3 Å². The number of benzene rings is 1. The lowest BCUT2D eigenvalue weighted by molar-refractivity contribution is -0.277. The van der Waals surface area contributed by atoms with Gasteiger partial charge in [-0.05, 0) is 268 Å². The molecule has 9 rings (SSSR count). The van der Waals surface area contributed by atoms with Crippen LogP contribution in [0.4, 0.5) is 26.3 Å². The number of carbonyl (C=O) groups excluding carboxylic acids is 3. The molecule has 1 aromatic carbocycles. The topological polar surface area (TPSA) is 177 Å². The predicted octanol–water partition coefficient (Wildman–Crippen LogP) is 17.2. The number of ether oxygens (including phenoxy) is 3. The second-order valence-corrected chi connectivity index (χ2v) is 31.1. The van der Waals surface area contributed by atoms with Crippen LogP contribution in [0, 0.1) is 74.4 Å². The van der Waals surface area contributed by atoms with E-state index < -0.39 is 52.1 Å². The first-order chi connectivity index (χ1) is 38.9. The van der Waals surface area contributed by atoms with Crippen molar-refractivity contribution in [2.45, 2.75) is 287 Å². The maximum atomic E-state index is 12.8. The van der Waals surface area contributed by atoms with E-state index >= 15 is 0 Å². The van der Waals surface area contributed by atoms with Crippen molar-refractivity contribution in [2.75, 3.05) is 14.2 Å². The molecule has 0 radical (unpaired) electrons. The van der Waals surface area contributed by atoms with Crippen molar-refractivity contribution in [1.29, 1.82) is 0 Å². The van der Waals surface area contributed by atoms with E-state index in [1.807, 2.05) is 88.3 Å². The minimum Gasteiger partial charge on any atom is -0.478 e. The molecule has 0 amide bonds. The van der Waals surface area contributed by atoms with Crippen LogP contribution in [-0.2, 0) is 34.0 Å². The Bertz CT molecular complexity index is 2330. The lowest BCUT2D eigenvalue weighted by Gasteiger charge is -2.68. The Morgan fingerprint density at radius 2 is 0.942 bits per heavy atom. The van der Waals surface area contributed by atoms with Crippen LogP contribution in [0.15, 0.2) is 24.3 Å². The Morgan fingerprint density at radius 3 is 1.26 bits per heavy atom. The quantitative estimate of drug-likeness (QED) is 0.0747. The number of hydrogen-bond donors (Lipinski definition) is 4. The molecule has 8 aliphatic carbocycles. The summed E-state index contributed by atoms with van der Waals surface area (Å²) in [7, 11) is 2.83. The fraction of sp³-hybridized carbons (Fsp3) is 0.855. The molecule has 0 heterocycles. The third kappa shape index (κ3) is 18.4. The summed E-state index contributed by atoms with van der Waals surface area (Å²) in [4.78, 5) is 45.1. The molecule has 0 saturated heterocycles. The van der Waals surface area contributed by atoms with Crippen LogP contribution in [0.25, 0.3) is 0 Å². The highest BCUT2D eigenvalue weighted by Crippen LogP contribution is 2.71. The SMILES string of the molecule is CC(O)(C1CC2CCC1C2)C(F)(F)F.CC(O)(CC1CC2CCC1C2)C(F)(F)F.CCC(C)(C)C(=O)OC.CCC(C)(C)C(=O)OC.CCC(C)(C)C(=O)OC(C)(C)C12CC3CC(CC(C(C)(C)O)(C3)C1)C2.CCC(C)(C)c1ccc(C(=O)O)cc1. The number of rotatable bonds is 15. The summed E-state index contributed by atoms with van der Waals surface area (Å²) in [5.41, 5.74) is -5.53. The number of halogens is 6. The zero-order valence-electron chi connectivity index (χ0n) is 56.3. The molecule has 10 unspecified atom stereocenters. The normalized spacial score (nSPS) is 28.8. The molecule has 0 spiro atoms. The maximum absolute atomic E-state index is 12.8. The third-order valence-corrected chi connectivity index (χ3v) is 22.7. The number of methoxy groups -OCH3 is 2. The largest absolute Gasteiger partial charge is 0.478 e. The van der Waals surface area contributed by atoms with Crippen molar-refractivity contribution < 1.29 is 80.2 Å². The van der Waals surface area contributed by atoms with Crippen LogP contribution in [0.3, 0.4) is 0 Å². The number of fused-ring (bicyclic) bond motifs is 4. The highest BCUT2D eigenvalue weighted by molar-refractivity contribution is 5.87. The minimum atomic E-state index is -4.49. The van der Waals surface area contributed by atoms with Gasteiger partial charge in [0.1, 0.15) is 5.60 Å². The Kier molecular flexibility index (Phi) is 25.3. The molecule has 8 saturated carbocycles. The van der Waals surface area contributed by atoms with Crippen LogP contribution >= 0.6 is 0 Å². The molecular weight excluding hydrogens is 1120 g/mol. The first-order valence-electron chi connectivity index (χ1n) is 32.0. The second kappa shape index (κ2) is 28.4. The zero-order chi connectivity index (χ0) is 66.5. The number of carboxylic acid groups (broad SMARTS) is 1. The van der Waals surface area contributed by atoms with Crippen LogP contribution in [0.1, 0.15) is 263 Å². The number of aliphatic hydroxyl groups is 3. The number of carboxylic acids is 1. The van der Waals surface area contributed by atoms with E-state index in [0.29, 0.717) is 41.6 Å². The number of carbonyl (C=O) groups is 4. The van der Waals surface area contributed by atoms with E-state index in [4.69, 9.17) is 9.84 Å². The third-order valence-electron chi connectivity index (χ3n) is 22.7. The molecule has 0 aliphatic heterocycles. The molecule has 11 nitrogen and oxygen atoms in total. The molecule has 86 heavy (non-hydrogen) atoms. The molecule has 8 fully saturated rings. The molecule has 10 atom stereocenters. The fourth-order valence-corrected chi connectivity index (χ4v) is 14.8. The monoisotopic (exact) mass is 1230 g/mol. The van der Waals surface area contributed by atoms with Crippen molar-refractivity contribution in [3.8, 4) is 0 Å². The van der Waals surface area contributed by atoms with E-state index in [0.717, 1.165) is 110 Å². The Balaban J connectivity index is 0.000000281. The van der Waals surface area contributed by atoms with E-state index in [1.54, 1.807) is 12.1 Å². The lowest BCUT2D eigenvalue weighted by Crippen LogP contribution is -2.65. The van der Waals surface area contributed by atoms with Crippen molar-refractivity contribution in [3.05, 3.63) is 35.4 Å². The van der Waals surface area contributed by atoms with Gasteiger partial charge in [-0.3, -0.25) is 14.4 Å². The van der Waals surface area contributed by atoms with Crippen LogP contribution in [0.2, 0.25) is 0 Å². The summed E-state index contributed by atoms with van der Waals surface area (Å²) in [5.74, 6) is 1.23. The molecule has 1 aromatic rings. The van der Waals surface area contributed by atoms with Crippen molar-refractivity contribution >= 4 is 23.9 Å². The first kappa shape index (κ1) is 76.8. The van der Waals surface area contributed by atoms with Gasteiger partial charge in [-0.15, -0.1) is 0 Å². The van der Waals surface area contributed by atoms with Gasteiger partial charge in [0.15, 0.2) is 11.2 Å². The lowest BCUT2D eigenvalue weighted by atomic mass is 9.38. The average Bonchev–Trinajstić information content (AvgIpc) is 0.901. The highest BCUT2D eigenvalue weighted by atomic mass is 19.4. The van der Waals surface area contributed by atoms with Crippen molar-refractivity contribution in [1.82, 2.24) is 0 Å². The molecule has 8 bridgehead atoms. The standard InChI is InChI=1S/C22H38O3.C12H16O2.C11H17F3O.C10H15F3O.2C7H14O2/c1-8-18(2,3)17(23)25-20(6,7)22-12-15-9-16(13-22)11-21(10-15,14-22)19(4,5)24;1-4-12(2,3)10-7-5-9(6-8-10)11(13)14;1-10(15,11(12,13)14)6-9-5-7-2-3-8(9)4-7;1-9(14,10(11,12)13)8-5-6-2-3-7(8)4-6;2*1-5-7(2,3)6(8)9-4/h15-16,24H,8-14H2,1-7H3;5-8H,4H2,1-3H3,(H,13,14);7-9,15H,2-6H2,1H3;6-8,14H,2-5H2,1H3;2*5H2,1-4H3. The summed E-state index contributed by atoms with van der Waals surface area (Å²) in [5, 5.41) is 38.7. The van der Waals surface area contributed by atoms with Gasteiger partial charge in [0.25, 0.3) is 0 Å². The van der Waals surface area contributed by atoms with E-state index in [9.17, 15) is 60.8 Å². The molecule has 498 valence electrons. The van der Waals surface area contributed by atoms with E-state index in [1.165, 1.54) is 32.6 Å². The van der Waals surface area contributed by atoms with E-state index in [2.05, 4.69) is 44.1 Å². The Hall–Kier alpha value is -3.44. The summed E-state index contributed by atoms with van der Waals surface area (Å²) < 4.78 is 90.5. The van der Waals surface area contributed by atoms with Crippen LogP contribution in [-0.4, -0.2) is 93.3 Å². The Morgan fingerprint density at radius 1 is 0.523 bits per heavy atom. The summed E-state index contributed by atoms with van der Waals surface area (Å²) >= 11 is 0. The van der Waals surface area contributed by atoms with Gasteiger partial charge in [-0.1, -0.05) is 66.5 Å². The number of aromatic carboxylic acids is 1. The Labute approximate surface area is 513 Å². The molecule has 0 aromatic heterocycles. The van der Waals surface area contributed by atoms with Gasteiger partial charge >= 0.3 is 36.2 Å². The average molecular weight is 1230 g/mol. The van der Waals surface area contributed by atoms with Gasteiger partial charge in [0.2, 0.25) is 0 Å². The van der Waals surface area contributed by atoms with Crippen LogP contribution in [0.5, 0.6) is 0 Å². The summed E-state index contributed by atoms with van der Waals surface area (Å²) in [6.45, 7) is 33.9. The summed E-state index contributed by atoms with van der Waals surface area (Å²) in [6.07, 6.45) is 8.79. The fourth-order valence-electron chi connectivity index (χ4n) is 14.8. The molecule has 8 aliphatic rings. The van der Waals surface area contributed by atoms with Gasteiger partial charge in [0, 0.05) is 5.41 Å². The molecular formula is C69H114F6O11. The smallest absolute Gasteiger partial charge is 0.417 e. The van der Waals surface area contributed by atoms with Gasteiger partial charge in [0.05, 0.1) is 41.6 Å². The summed E-state index contributed by atoms with van der Waals surface area (Å²) in [6, 6.07) is 7.12. The van der Waals surface area contributed by atoms with E-state index in [-0.39, 0.29) is 63.2 Å². The predicted molar refractivity (Wildman–Crippen MR) is 325 cm³/mol. The zero-order valence-corrected chi connectivity index (χ0v) is 56.3. The first-order valence-corrected chi connectivity index (χ1v) is 32.0. The minimum absolute atomic E-state index is 0.0105. The van der Waals surface area contributed by atoms with Crippen molar-refractivity contribution in [3.63, 3.8) is 0 Å². The number of hydrogen-bond acceptors (Lipinski definition) is 10. The van der Waals surface area contributed by atoms with Gasteiger partial charge < -0.3 is 34.6 Å². The maximum Gasteiger partial charge on any atom is 0.417 e. The molecule has 17 heteroatoms. The van der Waals surface area contributed by atoms with Crippen LogP contribution < -0.4 is 0 Å². The highest BCUT2D eigenvalue weighted by Gasteiger charge is 2.67. The van der Waals surface area contributed by atoms with Gasteiger partial charge in [-0.25, -0.2) is 4.79 Å². The molecule has 4 N–H and O–H groups in total. The van der Waals surface area contributed by atoms with Crippen molar-refractivity contribution in [2.24, 2.45) is 74.4 Å².